The Balaban J connectivity index is 1.73. The molecule has 2 aromatic rings. The molecule has 2 N–H and O–H groups in total. The molecule has 0 bridgehead atoms. The van der Waals surface area contributed by atoms with Gasteiger partial charge in [0.15, 0.2) is 6.61 Å². The Kier molecular flexibility index (Phi) is 7.37. The number of aryl methyl sites for hydroxylation is 1. The number of hydrogen-bond donors (Lipinski definition) is 2. The number of anilines is 1. The van der Waals surface area contributed by atoms with E-state index in [0.29, 0.717) is 17.0 Å². The first kappa shape index (κ1) is 20.0. The zero-order valence-corrected chi connectivity index (χ0v) is 15.3. The van der Waals surface area contributed by atoms with Crippen LogP contribution >= 0.6 is 0 Å². The second-order valence-electron chi connectivity index (χ2n) is 5.73. The van der Waals surface area contributed by atoms with Crippen LogP contribution in [-0.4, -0.2) is 38.0 Å². The standard InChI is InChI=1S/C20H22N2O5/c1-14-6-3-4-9-17(14)26-11-10-19(24)27-13-18(23)22-16-8-5-7-15(12-16)20(25)21-2/h3-9,12H,10-11,13H2,1-2H3,(H,21,25)(H,22,23). The van der Waals surface area contributed by atoms with E-state index in [9.17, 15) is 14.4 Å². The van der Waals surface area contributed by atoms with Crippen molar-refractivity contribution in [2.45, 2.75) is 13.3 Å². The number of ether oxygens (including phenoxy) is 2. The van der Waals surface area contributed by atoms with Gasteiger partial charge in [0.05, 0.1) is 13.0 Å². The van der Waals surface area contributed by atoms with Crippen LogP contribution in [0.3, 0.4) is 0 Å². The minimum Gasteiger partial charge on any atom is -0.493 e. The van der Waals surface area contributed by atoms with Crippen molar-refractivity contribution >= 4 is 23.5 Å². The van der Waals surface area contributed by atoms with Crippen LogP contribution in [0.5, 0.6) is 5.75 Å². The predicted octanol–water partition coefficient (Wildman–Crippen LogP) is 2.31. The third-order valence-electron chi connectivity index (χ3n) is 3.66. The van der Waals surface area contributed by atoms with Crippen LogP contribution < -0.4 is 15.4 Å². The zero-order chi connectivity index (χ0) is 19.6. The van der Waals surface area contributed by atoms with Crippen LogP contribution in [-0.2, 0) is 14.3 Å². The number of para-hydroxylation sites is 1. The van der Waals surface area contributed by atoms with E-state index in [1.807, 2.05) is 31.2 Å². The molecule has 0 radical (unpaired) electrons. The summed E-state index contributed by atoms with van der Waals surface area (Å²) in [6.07, 6.45) is 0.0355. The van der Waals surface area contributed by atoms with E-state index in [2.05, 4.69) is 10.6 Å². The third-order valence-corrected chi connectivity index (χ3v) is 3.66. The van der Waals surface area contributed by atoms with E-state index in [-0.39, 0.29) is 18.9 Å². The van der Waals surface area contributed by atoms with Gasteiger partial charge in [0.2, 0.25) is 0 Å². The van der Waals surface area contributed by atoms with E-state index in [4.69, 9.17) is 9.47 Å². The minimum absolute atomic E-state index is 0.0355. The van der Waals surface area contributed by atoms with E-state index in [0.717, 1.165) is 5.56 Å². The molecule has 0 atom stereocenters. The molecule has 7 heteroatoms. The summed E-state index contributed by atoms with van der Waals surface area (Å²) >= 11 is 0. The fourth-order valence-corrected chi connectivity index (χ4v) is 2.26. The molecule has 0 fully saturated rings. The summed E-state index contributed by atoms with van der Waals surface area (Å²) in [4.78, 5) is 35.2. The topological polar surface area (TPSA) is 93.7 Å². The third kappa shape index (κ3) is 6.47. The van der Waals surface area contributed by atoms with Gasteiger partial charge in [-0.1, -0.05) is 24.3 Å². The molecule has 2 aromatic carbocycles. The summed E-state index contributed by atoms with van der Waals surface area (Å²) in [6.45, 7) is 1.67. The number of rotatable bonds is 8. The molecular weight excluding hydrogens is 348 g/mol. The summed E-state index contributed by atoms with van der Waals surface area (Å²) in [5.74, 6) is -0.569. The number of amides is 2. The van der Waals surface area contributed by atoms with Gasteiger partial charge in [0, 0.05) is 18.3 Å². The van der Waals surface area contributed by atoms with Crippen molar-refractivity contribution in [2.75, 3.05) is 25.6 Å². The highest BCUT2D eigenvalue weighted by molar-refractivity contribution is 5.97. The fraction of sp³-hybridized carbons (Fsp3) is 0.250. The Bertz CT molecular complexity index is 820. The Morgan fingerprint density at radius 1 is 1.04 bits per heavy atom. The molecule has 0 heterocycles. The summed E-state index contributed by atoms with van der Waals surface area (Å²) in [7, 11) is 1.52. The lowest BCUT2D eigenvalue weighted by molar-refractivity contribution is -0.147. The highest BCUT2D eigenvalue weighted by Crippen LogP contribution is 2.16. The number of hydrogen-bond acceptors (Lipinski definition) is 5. The number of carbonyl (C=O) groups is 3. The van der Waals surface area contributed by atoms with Gasteiger partial charge in [-0.25, -0.2) is 0 Å². The molecule has 0 aliphatic heterocycles. The first-order valence-corrected chi connectivity index (χ1v) is 8.45. The van der Waals surface area contributed by atoms with E-state index in [1.165, 1.54) is 13.1 Å². The van der Waals surface area contributed by atoms with Crippen molar-refractivity contribution in [1.29, 1.82) is 0 Å². The second kappa shape index (κ2) is 9.96. The molecule has 2 rings (SSSR count). The van der Waals surface area contributed by atoms with Gasteiger partial charge in [-0.05, 0) is 36.8 Å². The molecule has 0 aliphatic rings. The molecule has 0 aromatic heterocycles. The average molecular weight is 370 g/mol. The monoisotopic (exact) mass is 370 g/mol. The second-order valence-corrected chi connectivity index (χ2v) is 5.73. The molecule has 142 valence electrons. The van der Waals surface area contributed by atoms with Crippen molar-refractivity contribution in [2.24, 2.45) is 0 Å². The lowest BCUT2D eigenvalue weighted by Crippen LogP contribution is -2.22. The van der Waals surface area contributed by atoms with E-state index >= 15 is 0 Å². The highest BCUT2D eigenvalue weighted by Gasteiger charge is 2.10. The predicted molar refractivity (Wildman–Crippen MR) is 101 cm³/mol. The number of benzene rings is 2. The molecule has 0 spiro atoms. The Morgan fingerprint density at radius 2 is 1.81 bits per heavy atom. The lowest BCUT2D eigenvalue weighted by Gasteiger charge is -2.09. The molecule has 27 heavy (non-hydrogen) atoms. The van der Waals surface area contributed by atoms with Crippen LogP contribution in [0.2, 0.25) is 0 Å². The smallest absolute Gasteiger partial charge is 0.309 e. The number of carbonyl (C=O) groups excluding carboxylic acids is 3. The van der Waals surface area contributed by atoms with Gasteiger partial charge < -0.3 is 20.1 Å². The summed E-state index contributed by atoms with van der Waals surface area (Å²) < 4.78 is 10.4. The van der Waals surface area contributed by atoms with E-state index in [1.54, 1.807) is 18.2 Å². The van der Waals surface area contributed by atoms with Gasteiger partial charge in [0.1, 0.15) is 5.75 Å². The number of esters is 1. The van der Waals surface area contributed by atoms with Crippen molar-refractivity contribution in [3.63, 3.8) is 0 Å². The molecule has 2 amide bonds. The van der Waals surface area contributed by atoms with Crippen molar-refractivity contribution in [3.8, 4) is 5.75 Å². The minimum atomic E-state index is -0.530. The maximum absolute atomic E-state index is 11.9. The van der Waals surface area contributed by atoms with Crippen LogP contribution in [0.15, 0.2) is 48.5 Å². The Labute approximate surface area is 157 Å². The molecule has 0 unspecified atom stereocenters. The molecular formula is C20H22N2O5. The average Bonchev–Trinajstić information content (AvgIpc) is 2.67. The first-order valence-electron chi connectivity index (χ1n) is 8.45. The quantitative estimate of drug-likeness (QED) is 0.696. The Morgan fingerprint density at radius 3 is 2.56 bits per heavy atom. The highest BCUT2D eigenvalue weighted by atomic mass is 16.5. The SMILES string of the molecule is CNC(=O)c1cccc(NC(=O)COC(=O)CCOc2ccccc2C)c1. The van der Waals surface area contributed by atoms with Gasteiger partial charge >= 0.3 is 5.97 Å². The summed E-state index contributed by atoms with van der Waals surface area (Å²) in [6, 6.07) is 13.9. The van der Waals surface area contributed by atoms with Crippen molar-refractivity contribution < 1.29 is 23.9 Å². The molecule has 0 saturated carbocycles. The fourth-order valence-electron chi connectivity index (χ4n) is 2.26. The normalized spacial score (nSPS) is 10.0. The number of nitrogens with one attached hydrogen (secondary N) is 2. The van der Waals surface area contributed by atoms with Gasteiger partial charge in [-0.3, -0.25) is 14.4 Å². The summed E-state index contributed by atoms with van der Waals surface area (Å²) in [5, 5.41) is 5.08. The van der Waals surface area contributed by atoms with Gasteiger partial charge in [0.25, 0.3) is 11.8 Å². The summed E-state index contributed by atoms with van der Waals surface area (Å²) in [5.41, 5.74) is 1.84. The van der Waals surface area contributed by atoms with Crippen molar-refractivity contribution in [1.82, 2.24) is 5.32 Å². The first-order chi connectivity index (χ1) is 13.0. The van der Waals surface area contributed by atoms with Gasteiger partial charge in [-0.15, -0.1) is 0 Å². The maximum atomic E-state index is 11.9. The zero-order valence-electron chi connectivity index (χ0n) is 15.3. The van der Waals surface area contributed by atoms with Crippen LogP contribution in [0.1, 0.15) is 22.3 Å². The Hall–Kier alpha value is -3.35. The van der Waals surface area contributed by atoms with Gasteiger partial charge in [-0.2, -0.15) is 0 Å². The molecule has 0 aliphatic carbocycles. The molecule has 7 nitrogen and oxygen atoms in total. The van der Waals surface area contributed by atoms with Crippen LogP contribution in [0.25, 0.3) is 0 Å². The van der Waals surface area contributed by atoms with Crippen molar-refractivity contribution in [3.05, 3.63) is 59.7 Å². The maximum Gasteiger partial charge on any atom is 0.309 e. The van der Waals surface area contributed by atoms with E-state index < -0.39 is 18.5 Å². The van der Waals surface area contributed by atoms with Crippen LogP contribution in [0.4, 0.5) is 5.69 Å². The lowest BCUT2D eigenvalue weighted by atomic mass is 10.2. The molecule has 0 saturated heterocycles. The van der Waals surface area contributed by atoms with Crippen LogP contribution in [0, 0.1) is 6.92 Å². The largest absolute Gasteiger partial charge is 0.493 e.